The molecule has 0 saturated carbocycles. The number of nitrogens with one attached hydrogen (secondary N) is 1. The first-order valence-electron chi connectivity index (χ1n) is 7.75. The van der Waals surface area contributed by atoms with E-state index in [1.165, 1.54) is 27.6 Å². The predicted octanol–water partition coefficient (Wildman–Crippen LogP) is 3.71. The fraction of sp³-hybridized carbons (Fsp3) is 0.0625. The van der Waals surface area contributed by atoms with Crippen LogP contribution in [0, 0.1) is 16.7 Å². The Morgan fingerprint density at radius 2 is 2.04 bits per heavy atom. The zero-order valence-corrected chi connectivity index (χ0v) is 17.1. The molecule has 0 amide bonds. The maximum absolute atomic E-state index is 9.40. The summed E-state index contributed by atoms with van der Waals surface area (Å²) in [7, 11) is 0. The lowest BCUT2D eigenvalue weighted by Gasteiger charge is -2.05. The van der Waals surface area contributed by atoms with Crippen LogP contribution >= 0.6 is 46.3 Å². The number of benzene rings is 1. The van der Waals surface area contributed by atoms with Crippen LogP contribution in [0.5, 0.6) is 0 Å². The molecule has 28 heavy (non-hydrogen) atoms. The van der Waals surface area contributed by atoms with Gasteiger partial charge in [0.2, 0.25) is 0 Å². The highest BCUT2D eigenvalue weighted by Gasteiger charge is 2.21. The molecular weight excluding hydrogens is 439 g/mol. The van der Waals surface area contributed by atoms with Crippen LogP contribution in [0.3, 0.4) is 0 Å². The molecule has 0 aliphatic carbocycles. The SMILES string of the molecule is CSc1c(C#N)c(N)nc2c3c(=N)n4c(nc3nn12)sc1cc(Cl)c(Cl)cc14. The Kier molecular flexibility index (Phi) is 3.73. The second-order valence-electron chi connectivity index (χ2n) is 5.84. The number of nitrogens with zero attached hydrogens (tertiary/aromatic N) is 6. The van der Waals surface area contributed by atoms with Crippen LogP contribution in [-0.2, 0) is 0 Å². The summed E-state index contributed by atoms with van der Waals surface area (Å²) in [6.07, 6.45) is 1.82. The molecule has 0 aliphatic heterocycles. The van der Waals surface area contributed by atoms with Gasteiger partial charge in [0.05, 0.1) is 20.3 Å². The Morgan fingerprint density at radius 1 is 1.29 bits per heavy atom. The topological polar surface area (TPSA) is 121 Å². The second-order valence-corrected chi connectivity index (χ2v) is 8.46. The molecule has 0 bridgehead atoms. The molecule has 4 heterocycles. The number of nitriles is 1. The van der Waals surface area contributed by atoms with Crippen molar-refractivity contribution in [2.24, 2.45) is 0 Å². The smallest absolute Gasteiger partial charge is 0.198 e. The van der Waals surface area contributed by atoms with Gasteiger partial charge in [0, 0.05) is 0 Å². The van der Waals surface area contributed by atoms with E-state index in [-0.39, 0.29) is 16.9 Å². The number of anilines is 1. The monoisotopic (exact) mass is 446 g/mol. The van der Waals surface area contributed by atoms with E-state index in [1.807, 2.05) is 6.26 Å². The zero-order valence-electron chi connectivity index (χ0n) is 14.0. The van der Waals surface area contributed by atoms with E-state index in [4.69, 9.17) is 34.3 Å². The molecule has 138 valence electrons. The Morgan fingerprint density at radius 3 is 2.75 bits per heavy atom. The summed E-state index contributed by atoms with van der Waals surface area (Å²) in [4.78, 5) is 9.51. The molecule has 0 radical (unpaired) electrons. The van der Waals surface area contributed by atoms with E-state index in [0.717, 1.165) is 10.2 Å². The van der Waals surface area contributed by atoms with Gasteiger partial charge in [-0.2, -0.15) is 10.2 Å². The highest BCUT2D eigenvalue weighted by atomic mass is 35.5. The van der Waals surface area contributed by atoms with Gasteiger partial charge >= 0.3 is 0 Å². The Balaban J connectivity index is 2.03. The van der Waals surface area contributed by atoms with Crippen molar-refractivity contribution in [3.8, 4) is 6.07 Å². The van der Waals surface area contributed by atoms with E-state index in [1.54, 1.807) is 16.5 Å². The normalized spacial score (nSPS) is 11.8. The van der Waals surface area contributed by atoms with Gasteiger partial charge < -0.3 is 5.73 Å². The summed E-state index contributed by atoms with van der Waals surface area (Å²) in [5, 5.41) is 24.5. The minimum absolute atomic E-state index is 0.0932. The van der Waals surface area contributed by atoms with E-state index in [9.17, 15) is 5.26 Å². The second kappa shape index (κ2) is 5.96. The number of halogens is 2. The van der Waals surface area contributed by atoms with Gasteiger partial charge in [-0.1, -0.05) is 34.5 Å². The number of hydrogen-bond acceptors (Lipinski definition) is 8. The summed E-state index contributed by atoms with van der Waals surface area (Å²) >= 11 is 15.0. The molecule has 1 aromatic carbocycles. The number of thiazole rings is 1. The summed E-state index contributed by atoms with van der Waals surface area (Å²) in [6, 6.07) is 5.53. The summed E-state index contributed by atoms with van der Waals surface area (Å²) < 4.78 is 4.05. The van der Waals surface area contributed by atoms with Gasteiger partial charge in [0.25, 0.3) is 0 Å². The van der Waals surface area contributed by atoms with Crippen molar-refractivity contribution in [1.29, 1.82) is 10.7 Å². The lowest BCUT2D eigenvalue weighted by atomic mass is 10.3. The lowest BCUT2D eigenvalue weighted by molar-refractivity contribution is 0.848. The number of thioether (sulfide) groups is 1. The largest absolute Gasteiger partial charge is 0.382 e. The number of nitrogens with two attached hydrogens (primary N) is 1. The molecule has 0 atom stereocenters. The molecule has 0 unspecified atom stereocenters. The molecular formula is C16H8Cl2N8S2. The lowest BCUT2D eigenvalue weighted by Crippen LogP contribution is -2.14. The van der Waals surface area contributed by atoms with Gasteiger partial charge in [-0.3, -0.25) is 9.81 Å². The molecule has 0 aliphatic rings. The van der Waals surface area contributed by atoms with Gasteiger partial charge in [0.15, 0.2) is 16.3 Å². The van der Waals surface area contributed by atoms with E-state index >= 15 is 0 Å². The zero-order chi connectivity index (χ0) is 19.7. The fourth-order valence-corrected chi connectivity index (χ4v) is 5.21. The van der Waals surface area contributed by atoms with Crippen molar-refractivity contribution in [1.82, 2.24) is 24.0 Å². The molecule has 3 N–H and O–H groups in total. The highest BCUT2D eigenvalue weighted by Crippen LogP contribution is 2.33. The average molecular weight is 447 g/mol. The summed E-state index contributed by atoms with van der Waals surface area (Å²) in [6.45, 7) is 0. The van der Waals surface area contributed by atoms with Crippen LogP contribution in [0.4, 0.5) is 5.82 Å². The van der Waals surface area contributed by atoms with Crippen LogP contribution in [0.1, 0.15) is 5.56 Å². The van der Waals surface area contributed by atoms with Gasteiger partial charge in [-0.05, 0) is 18.4 Å². The van der Waals surface area contributed by atoms with E-state index < -0.39 is 0 Å². The summed E-state index contributed by atoms with van der Waals surface area (Å²) in [5.74, 6) is 0.0932. The molecule has 5 aromatic rings. The van der Waals surface area contributed by atoms with Crippen LogP contribution in [0.25, 0.3) is 31.9 Å². The number of nitrogen functional groups attached to an aromatic ring is 1. The molecule has 0 spiro atoms. The molecule has 4 aromatic heterocycles. The van der Waals surface area contributed by atoms with E-state index in [0.29, 0.717) is 36.7 Å². The highest BCUT2D eigenvalue weighted by molar-refractivity contribution is 7.98. The van der Waals surface area contributed by atoms with Crippen molar-refractivity contribution in [3.05, 3.63) is 33.2 Å². The van der Waals surface area contributed by atoms with Gasteiger partial charge in [0.1, 0.15) is 33.4 Å². The fourth-order valence-electron chi connectivity index (χ4n) is 3.12. The minimum Gasteiger partial charge on any atom is -0.382 e. The Hall–Kier alpha value is -2.58. The maximum atomic E-state index is 9.40. The van der Waals surface area contributed by atoms with Crippen LogP contribution in [0.15, 0.2) is 17.2 Å². The van der Waals surface area contributed by atoms with Gasteiger partial charge in [-0.25, -0.2) is 9.50 Å². The quantitative estimate of drug-likeness (QED) is 0.299. The maximum Gasteiger partial charge on any atom is 0.198 e. The summed E-state index contributed by atoms with van der Waals surface area (Å²) in [5.41, 5.74) is 7.85. The van der Waals surface area contributed by atoms with Crippen molar-refractivity contribution in [2.45, 2.75) is 5.03 Å². The predicted molar refractivity (Wildman–Crippen MR) is 111 cm³/mol. The van der Waals surface area contributed by atoms with Crippen molar-refractivity contribution in [3.63, 3.8) is 0 Å². The van der Waals surface area contributed by atoms with Crippen molar-refractivity contribution >= 4 is 84.0 Å². The van der Waals surface area contributed by atoms with Gasteiger partial charge in [-0.15, -0.1) is 16.9 Å². The molecule has 0 fully saturated rings. The first-order chi connectivity index (χ1) is 13.4. The van der Waals surface area contributed by atoms with Crippen LogP contribution in [0.2, 0.25) is 10.0 Å². The number of rotatable bonds is 1. The van der Waals surface area contributed by atoms with Crippen LogP contribution in [-0.4, -0.2) is 30.2 Å². The molecule has 12 heteroatoms. The third-order valence-electron chi connectivity index (χ3n) is 4.33. The minimum atomic E-state index is 0.0932. The Bertz CT molecular complexity index is 1570. The van der Waals surface area contributed by atoms with E-state index in [2.05, 4.69) is 21.1 Å². The standard InChI is InChI=1S/C16H8Cl2N8S2/c1-27-15-5(4-19)11(20)22-14-10-12(21)25-8-2-6(17)7(18)3-9(8)28-16(25)23-13(10)24-26(14)15/h2-3,21H,1H3,(H2,20,22). The van der Waals surface area contributed by atoms with Crippen LogP contribution < -0.4 is 11.2 Å². The molecule has 5 rings (SSSR count). The number of fused-ring (bicyclic) bond motifs is 6. The van der Waals surface area contributed by atoms with Crippen molar-refractivity contribution in [2.75, 3.05) is 12.0 Å². The first-order valence-corrected chi connectivity index (χ1v) is 10.5. The molecule has 8 nitrogen and oxygen atoms in total. The number of hydrogen-bond donors (Lipinski definition) is 2. The third kappa shape index (κ3) is 2.18. The first kappa shape index (κ1) is 17.5. The Labute approximate surface area is 174 Å². The molecule has 0 saturated heterocycles. The number of aromatic nitrogens is 5. The average Bonchev–Trinajstić information content (AvgIpc) is 3.19. The third-order valence-corrected chi connectivity index (χ3v) is 6.82. The van der Waals surface area contributed by atoms with Crippen molar-refractivity contribution < 1.29 is 0 Å².